The van der Waals surface area contributed by atoms with Crippen molar-refractivity contribution in [2.45, 2.75) is 23.8 Å². The third-order valence-corrected chi connectivity index (χ3v) is 3.64. The fourth-order valence-electron chi connectivity index (χ4n) is 2.00. The number of para-hydroxylation sites is 1. The van der Waals surface area contributed by atoms with Crippen LogP contribution in [0.2, 0.25) is 0 Å². The lowest BCUT2D eigenvalue weighted by molar-refractivity contribution is -0.120. The summed E-state index contributed by atoms with van der Waals surface area (Å²) in [5.41, 5.74) is 6.80. The monoisotopic (exact) mass is 236 g/mol. The van der Waals surface area contributed by atoms with E-state index in [0.717, 1.165) is 30.0 Å². The Labute approximate surface area is 100.0 Å². The Hall–Kier alpha value is -1.00. The molecule has 86 valence electrons. The Morgan fingerprint density at radius 1 is 1.44 bits per heavy atom. The van der Waals surface area contributed by atoms with Gasteiger partial charge in [-0.25, -0.2) is 0 Å². The predicted molar refractivity (Wildman–Crippen MR) is 67.8 cm³/mol. The van der Waals surface area contributed by atoms with E-state index in [1.165, 1.54) is 0 Å². The molecule has 1 heterocycles. The summed E-state index contributed by atoms with van der Waals surface area (Å²) in [6, 6.07) is 7.64. The molecule has 0 radical (unpaired) electrons. The second kappa shape index (κ2) is 4.89. The first kappa shape index (κ1) is 11.5. The van der Waals surface area contributed by atoms with Crippen LogP contribution < -0.4 is 10.6 Å². The molecule has 4 heteroatoms. The normalized spacial score (nSPS) is 21.2. The Morgan fingerprint density at radius 3 is 2.94 bits per heavy atom. The molecule has 2 rings (SSSR count). The highest BCUT2D eigenvalue weighted by Crippen LogP contribution is 2.30. The van der Waals surface area contributed by atoms with Gasteiger partial charge in [-0.2, -0.15) is 0 Å². The van der Waals surface area contributed by atoms with Gasteiger partial charge in [-0.3, -0.25) is 4.79 Å². The van der Waals surface area contributed by atoms with Crippen molar-refractivity contribution >= 4 is 23.4 Å². The first-order chi connectivity index (χ1) is 7.74. The molecule has 0 saturated carbocycles. The van der Waals surface area contributed by atoms with E-state index in [2.05, 4.69) is 0 Å². The van der Waals surface area contributed by atoms with Crippen LogP contribution in [0.25, 0.3) is 0 Å². The molecule has 1 unspecified atom stereocenters. The summed E-state index contributed by atoms with van der Waals surface area (Å²) in [6.07, 6.45) is 3.81. The molecule has 1 atom stereocenters. The van der Waals surface area contributed by atoms with E-state index in [0.29, 0.717) is 0 Å². The molecule has 1 aromatic rings. The van der Waals surface area contributed by atoms with Crippen LogP contribution in [0.3, 0.4) is 0 Å². The third-order valence-electron chi connectivity index (χ3n) is 2.86. The van der Waals surface area contributed by atoms with Crippen LogP contribution in [0.1, 0.15) is 12.8 Å². The molecule has 0 bridgehead atoms. The van der Waals surface area contributed by atoms with Crippen LogP contribution >= 0.6 is 11.8 Å². The van der Waals surface area contributed by atoms with E-state index in [4.69, 9.17) is 5.73 Å². The van der Waals surface area contributed by atoms with Gasteiger partial charge in [-0.05, 0) is 31.2 Å². The number of nitrogens with zero attached hydrogens (tertiary/aromatic N) is 1. The van der Waals surface area contributed by atoms with E-state index in [1.807, 2.05) is 35.4 Å². The Bertz CT molecular complexity index is 394. The van der Waals surface area contributed by atoms with Crippen LogP contribution in [0.4, 0.5) is 5.69 Å². The van der Waals surface area contributed by atoms with Gasteiger partial charge in [-0.1, -0.05) is 12.1 Å². The van der Waals surface area contributed by atoms with Crippen molar-refractivity contribution in [1.82, 2.24) is 0 Å². The number of rotatable bonds is 2. The van der Waals surface area contributed by atoms with Gasteiger partial charge < -0.3 is 10.6 Å². The molecule has 16 heavy (non-hydrogen) atoms. The maximum atomic E-state index is 12.0. The zero-order chi connectivity index (χ0) is 11.5. The van der Waals surface area contributed by atoms with Crippen LogP contribution in [0, 0.1) is 0 Å². The molecule has 1 saturated heterocycles. The number of hydrogen-bond acceptors (Lipinski definition) is 3. The molecule has 1 aromatic carbocycles. The number of thioether (sulfide) groups is 1. The second-order valence-electron chi connectivity index (χ2n) is 3.91. The Kier molecular flexibility index (Phi) is 3.51. The molecule has 1 aliphatic heterocycles. The van der Waals surface area contributed by atoms with Crippen molar-refractivity contribution in [3.63, 3.8) is 0 Å². The number of benzene rings is 1. The highest BCUT2D eigenvalue weighted by Gasteiger charge is 2.27. The Balaban J connectivity index is 2.32. The van der Waals surface area contributed by atoms with Gasteiger partial charge in [0.2, 0.25) is 5.91 Å². The average Bonchev–Trinajstić information content (AvgIpc) is 2.33. The van der Waals surface area contributed by atoms with Crippen molar-refractivity contribution in [2.24, 2.45) is 5.73 Å². The summed E-state index contributed by atoms with van der Waals surface area (Å²) in [7, 11) is 0. The maximum absolute atomic E-state index is 12.0. The quantitative estimate of drug-likeness (QED) is 0.797. The van der Waals surface area contributed by atoms with Crippen LogP contribution in [0.5, 0.6) is 0 Å². The van der Waals surface area contributed by atoms with E-state index >= 15 is 0 Å². The van der Waals surface area contributed by atoms with Gasteiger partial charge in [0.25, 0.3) is 0 Å². The molecular weight excluding hydrogens is 220 g/mol. The van der Waals surface area contributed by atoms with Gasteiger partial charge in [0.1, 0.15) is 0 Å². The molecule has 1 fully saturated rings. The molecule has 1 aliphatic rings. The largest absolute Gasteiger partial charge is 0.320 e. The molecule has 0 aliphatic carbocycles. The SMILES string of the molecule is CSc1ccccc1N1CCCC(N)C1=O. The lowest BCUT2D eigenvalue weighted by Crippen LogP contribution is -2.48. The predicted octanol–water partition coefficient (Wildman–Crippen LogP) is 1.86. The molecule has 3 nitrogen and oxygen atoms in total. The summed E-state index contributed by atoms with van der Waals surface area (Å²) in [5, 5.41) is 0. The highest BCUT2D eigenvalue weighted by atomic mass is 32.2. The highest BCUT2D eigenvalue weighted by molar-refractivity contribution is 7.98. The van der Waals surface area contributed by atoms with Gasteiger partial charge >= 0.3 is 0 Å². The maximum Gasteiger partial charge on any atom is 0.243 e. The van der Waals surface area contributed by atoms with E-state index in [9.17, 15) is 4.79 Å². The number of carbonyl (C=O) groups is 1. The van der Waals surface area contributed by atoms with Gasteiger partial charge in [0.05, 0.1) is 11.7 Å². The minimum absolute atomic E-state index is 0.0488. The lowest BCUT2D eigenvalue weighted by atomic mass is 10.0. The van der Waals surface area contributed by atoms with Gasteiger partial charge in [0, 0.05) is 11.4 Å². The number of piperidine rings is 1. The molecule has 2 N–H and O–H groups in total. The standard InChI is InChI=1S/C12H16N2OS/c1-16-11-7-3-2-6-10(11)14-8-4-5-9(13)12(14)15/h2-3,6-7,9H,4-5,8,13H2,1H3. The molecule has 1 amide bonds. The van der Waals surface area contributed by atoms with E-state index in [1.54, 1.807) is 11.8 Å². The Morgan fingerprint density at radius 2 is 2.19 bits per heavy atom. The van der Waals surface area contributed by atoms with E-state index < -0.39 is 0 Å². The van der Waals surface area contributed by atoms with Crippen molar-refractivity contribution in [1.29, 1.82) is 0 Å². The first-order valence-corrected chi connectivity index (χ1v) is 6.66. The first-order valence-electron chi connectivity index (χ1n) is 5.44. The zero-order valence-electron chi connectivity index (χ0n) is 9.35. The van der Waals surface area contributed by atoms with Gasteiger partial charge in [0.15, 0.2) is 0 Å². The summed E-state index contributed by atoms with van der Waals surface area (Å²) < 4.78 is 0. The number of carbonyl (C=O) groups excluding carboxylic acids is 1. The summed E-state index contributed by atoms with van der Waals surface area (Å²) in [4.78, 5) is 14.9. The van der Waals surface area contributed by atoms with Crippen molar-refractivity contribution < 1.29 is 4.79 Å². The average molecular weight is 236 g/mol. The number of hydrogen-bond donors (Lipinski definition) is 1. The summed E-state index contributed by atoms with van der Waals surface area (Å²) in [6.45, 7) is 0.782. The van der Waals surface area contributed by atoms with Crippen LogP contribution in [0.15, 0.2) is 29.2 Å². The minimum atomic E-state index is -0.330. The number of nitrogens with two attached hydrogens (primary N) is 1. The molecule has 0 spiro atoms. The summed E-state index contributed by atoms with van der Waals surface area (Å²) in [5.74, 6) is 0.0488. The topological polar surface area (TPSA) is 46.3 Å². The zero-order valence-corrected chi connectivity index (χ0v) is 10.2. The summed E-state index contributed by atoms with van der Waals surface area (Å²) >= 11 is 1.66. The third kappa shape index (κ3) is 2.08. The fourth-order valence-corrected chi connectivity index (χ4v) is 2.60. The second-order valence-corrected chi connectivity index (χ2v) is 4.76. The number of amides is 1. The molecule has 0 aromatic heterocycles. The fraction of sp³-hybridized carbons (Fsp3) is 0.417. The van der Waals surface area contributed by atoms with Crippen LogP contribution in [-0.4, -0.2) is 24.7 Å². The minimum Gasteiger partial charge on any atom is -0.320 e. The molecular formula is C12H16N2OS. The lowest BCUT2D eigenvalue weighted by Gasteiger charge is -2.31. The van der Waals surface area contributed by atoms with Gasteiger partial charge in [-0.15, -0.1) is 11.8 Å². The number of anilines is 1. The van der Waals surface area contributed by atoms with Crippen LogP contribution in [-0.2, 0) is 4.79 Å². The van der Waals surface area contributed by atoms with Crippen molar-refractivity contribution in [2.75, 3.05) is 17.7 Å². The van der Waals surface area contributed by atoms with Crippen molar-refractivity contribution in [3.8, 4) is 0 Å². The smallest absolute Gasteiger partial charge is 0.243 e. The van der Waals surface area contributed by atoms with Crippen molar-refractivity contribution in [3.05, 3.63) is 24.3 Å². The van der Waals surface area contributed by atoms with E-state index in [-0.39, 0.29) is 11.9 Å².